The molecule has 7 aromatic carbocycles. The minimum Gasteiger partial charge on any atom is -0.278 e. The maximum absolute atomic E-state index is 5.56. The average Bonchev–Trinajstić information content (AvgIpc) is 3.69. The molecule has 0 amide bonds. The normalized spacial score (nSPS) is 14.8. The number of rotatable bonds is 3. The van der Waals surface area contributed by atoms with Gasteiger partial charge >= 0.3 is 0 Å². The lowest BCUT2D eigenvalue weighted by Crippen LogP contribution is -2.28. The monoisotopic (exact) mass is 653 g/mol. The van der Waals surface area contributed by atoms with E-state index in [1.807, 2.05) is 0 Å². The zero-order chi connectivity index (χ0) is 33.5. The summed E-state index contributed by atoms with van der Waals surface area (Å²) >= 11 is 0. The standard InChI is InChI=1S/C48H35N3/c1-3-15-31(16-4-1)32-25-27-33(28-26-32)45-37-20-8-11-23-40(37)49-47(50-45)51-41-24-12-9-21-38(41)43-35-18-6-5-17-34(35)42-36-19-7-10-22-39(36)48(44(42)46(43)51)29-13-2-14-30-48/h1,3-12,15-28H,2,13-14,29-30H2. The van der Waals surface area contributed by atoms with Crippen molar-refractivity contribution in [1.29, 1.82) is 0 Å². The summed E-state index contributed by atoms with van der Waals surface area (Å²) in [5.74, 6) is 0.724. The zero-order valence-corrected chi connectivity index (χ0v) is 28.3. The minimum atomic E-state index is -0.0501. The van der Waals surface area contributed by atoms with E-state index in [1.165, 1.54) is 79.7 Å². The van der Waals surface area contributed by atoms with Crippen molar-refractivity contribution >= 4 is 43.5 Å². The van der Waals surface area contributed by atoms with Crippen LogP contribution < -0.4 is 0 Å². The van der Waals surface area contributed by atoms with E-state index in [-0.39, 0.29) is 5.41 Å². The van der Waals surface area contributed by atoms with Gasteiger partial charge in [0.2, 0.25) is 5.95 Å². The van der Waals surface area contributed by atoms with Crippen LogP contribution in [0.2, 0.25) is 0 Å². The summed E-state index contributed by atoms with van der Waals surface area (Å²) in [6.45, 7) is 0. The Morgan fingerprint density at radius 2 is 1.12 bits per heavy atom. The van der Waals surface area contributed by atoms with Crippen molar-refractivity contribution in [3.63, 3.8) is 0 Å². The van der Waals surface area contributed by atoms with Gasteiger partial charge in [-0.2, -0.15) is 0 Å². The van der Waals surface area contributed by atoms with E-state index in [0.717, 1.165) is 46.5 Å². The average molecular weight is 654 g/mol. The molecule has 242 valence electrons. The Kier molecular flexibility index (Phi) is 6.18. The first kappa shape index (κ1) is 28.7. The van der Waals surface area contributed by atoms with Crippen molar-refractivity contribution in [3.8, 4) is 39.5 Å². The van der Waals surface area contributed by atoms with Crippen LogP contribution in [0, 0.1) is 0 Å². The van der Waals surface area contributed by atoms with E-state index in [2.05, 4.69) is 156 Å². The molecule has 0 unspecified atom stereocenters. The van der Waals surface area contributed by atoms with Crippen LogP contribution in [0.5, 0.6) is 0 Å². The van der Waals surface area contributed by atoms with Crippen LogP contribution in [0.3, 0.4) is 0 Å². The third kappa shape index (κ3) is 4.06. The highest BCUT2D eigenvalue weighted by Gasteiger charge is 2.47. The number of fused-ring (bicyclic) bond motifs is 13. The van der Waals surface area contributed by atoms with Gasteiger partial charge in [-0.3, -0.25) is 4.57 Å². The maximum Gasteiger partial charge on any atom is 0.235 e. The van der Waals surface area contributed by atoms with Crippen molar-refractivity contribution in [2.24, 2.45) is 0 Å². The molecular weight excluding hydrogens is 619 g/mol. The van der Waals surface area contributed by atoms with Crippen molar-refractivity contribution < 1.29 is 0 Å². The lowest BCUT2D eigenvalue weighted by atomic mass is 9.67. The molecule has 0 atom stereocenters. The van der Waals surface area contributed by atoms with E-state index in [9.17, 15) is 0 Å². The molecule has 2 aliphatic rings. The Bertz CT molecular complexity index is 2820. The fourth-order valence-corrected chi connectivity index (χ4v) is 9.64. The molecule has 2 heterocycles. The second-order valence-corrected chi connectivity index (χ2v) is 14.4. The Labute approximate surface area is 296 Å². The highest BCUT2D eigenvalue weighted by Crippen LogP contribution is 2.60. The topological polar surface area (TPSA) is 30.7 Å². The molecule has 2 aliphatic carbocycles. The molecule has 1 spiro atoms. The van der Waals surface area contributed by atoms with Gasteiger partial charge in [0.25, 0.3) is 0 Å². The van der Waals surface area contributed by atoms with Gasteiger partial charge < -0.3 is 0 Å². The van der Waals surface area contributed by atoms with Gasteiger partial charge in [0.05, 0.1) is 22.2 Å². The first-order chi connectivity index (χ1) is 25.3. The largest absolute Gasteiger partial charge is 0.278 e. The third-order valence-corrected chi connectivity index (χ3v) is 11.8. The van der Waals surface area contributed by atoms with E-state index in [0.29, 0.717) is 0 Å². The Hall–Kier alpha value is -6.06. The summed E-state index contributed by atoms with van der Waals surface area (Å²) < 4.78 is 2.42. The molecular formula is C48H35N3. The van der Waals surface area contributed by atoms with Gasteiger partial charge in [-0.25, -0.2) is 9.97 Å². The second-order valence-electron chi connectivity index (χ2n) is 14.4. The highest BCUT2D eigenvalue weighted by atomic mass is 15.2. The first-order valence-electron chi connectivity index (χ1n) is 18.3. The predicted octanol–water partition coefficient (Wildman–Crippen LogP) is 12.4. The van der Waals surface area contributed by atoms with Gasteiger partial charge in [0.1, 0.15) is 0 Å². The summed E-state index contributed by atoms with van der Waals surface area (Å²) in [6, 6.07) is 55.1. The summed E-state index contributed by atoms with van der Waals surface area (Å²) in [4.78, 5) is 11.0. The highest BCUT2D eigenvalue weighted by molar-refractivity contribution is 6.27. The lowest BCUT2D eigenvalue weighted by molar-refractivity contribution is 0.354. The molecule has 0 bridgehead atoms. The molecule has 0 N–H and O–H groups in total. The molecule has 1 fully saturated rings. The number of hydrogen-bond donors (Lipinski definition) is 0. The fourth-order valence-electron chi connectivity index (χ4n) is 9.64. The lowest BCUT2D eigenvalue weighted by Gasteiger charge is -2.36. The summed E-state index contributed by atoms with van der Waals surface area (Å²) in [5.41, 5.74) is 13.5. The molecule has 9 aromatic rings. The van der Waals surface area contributed by atoms with E-state index in [4.69, 9.17) is 9.97 Å². The molecule has 3 nitrogen and oxygen atoms in total. The van der Waals surface area contributed by atoms with Crippen molar-refractivity contribution in [1.82, 2.24) is 14.5 Å². The van der Waals surface area contributed by atoms with E-state index < -0.39 is 0 Å². The summed E-state index contributed by atoms with van der Waals surface area (Å²) in [7, 11) is 0. The number of hydrogen-bond acceptors (Lipinski definition) is 2. The van der Waals surface area contributed by atoms with Crippen LogP contribution in [0.4, 0.5) is 0 Å². The van der Waals surface area contributed by atoms with Crippen LogP contribution in [0.1, 0.15) is 43.2 Å². The quantitative estimate of drug-likeness (QED) is 0.190. The van der Waals surface area contributed by atoms with Crippen LogP contribution >= 0.6 is 0 Å². The van der Waals surface area contributed by atoms with Crippen LogP contribution in [-0.4, -0.2) is 14.5 Å². The van der Waals surface area contributed by atoms with Gasteiger partial charge in [-0.1, -0.05) is 159 Å². The Balaban J connectivity index is 1.27. The Morgan fingerprint density at radius 3 is 1.94 bits per heavy atom. The summed E-state index contributed by atoms with van der Waals surface area (Å²) in [5, 5.41) is 6.25. The third-order valence-electron chi connectivity index (χ3n) is 11.8. The van der Waals surface area contributed by atoms with Crippen LogP contribution in [-0.2, 0) is 5.41 Å². The van der Waals surface area contributed by atoms with Crippen molar-refractivity contribution in [2.75, 3.05) is 0 Å². The molecule has 0 aliphatic heterocycles. The smallest absolute Gasteiger partial charge is 0.235 e. The minimum absolute atomic E-state index is 0.0501. The number of nitrogens with zero attached hydrogens (tertiary/aromatic N) is 3. The number of aromatic nitrogens is 3. The van der Waals surface area contributed by atoms with Gasteiger partial charge in [0, 0.05) is 27.1 Å². The molecule has 0 radical (unpaired) electrons. The van der Waals surface area contributed by atoms with E-state index >= 15 is 0 Å². The van der Waals surface area contributed by atoms with Crippen molar-refractivity contribution in [3.05, 3.63) is 163 Å². The zero-order valence-electron chi connectivity index (χ0n) is 28.3. The van der Waals surface area contributed by atoms with Gasteiger partial charge in [0.15, 0.2) is 0 Å². The molecule has 1 saturated carbocycles. The fraction of sp³-hybridized carbons (Fsp3) is 0.125. The second kappa shape index (κ2) is 11.0. The molecule has 51 heavy (non-hydrogen) atoms. The Morgan fingerprint density at radius 1 is 0.490 bits per heavy atom. The molecule has 2 aromatic heterocycles. The van der Waals surface area contributed by atoms with Crippen LogP contribution in [0.15, 0.2) is 152 Å². The maximum atomic E-state index is 5.56. The number of para-hydroxylation sites is 2. The van der Waals surface area contributed by atoms with E-state index in [1.54, 1.807) is 0 Å². The number of benzene rings is 7. The van der Waals surface area contributed by atoms with Gasteiger partial charge in [-0.05, 0) is 69.1 Å². The van der Waals surface area contributed by atoms with Crippen molar-refractivity contribution in [2.45, 2.75) is 37.5 Å². The molecule has 0 saturated heterocycles. The summed E-state index contributed by atoms with van der Waals surface area (Å²) in [6.07, 6.45) is 6.07. The molecule has 3 heteroatoms. The first-order valence-corrected chi connectivity index (χ1v) is 18.3. The molecule has 11 rings (SSSR count). The van der Waals surface area contributed by atoms with Crippen LogP contribution in [0.25, 0.3) is 82.9 Å². The SMILES string of the molecule is c1ccc(-c2ccc(-c3nc(-n4c5ccccc5c5c6ccccc6c6c(c54)C4(CCCCC4)c4ccccc4-6)nc4ccccc34)cc2)cc1. The van der Waals surface area contributed by atoms with Gasteiger partial charge in [-0.15, -0.1) is 0 Å². The predicted molar refractivity (Wildman–Crippen MR) is 212 cm³/mol.